The van der Waals surface area contributed by atoms with Crippen molar-refractivity contribution in [3.63, 3.8) is 0 Å². The van der Waals surface area contributed by atoms with Crippen molar-refractivity contribution in [3.8, 4) is 0 Å². The average molecular weight is 415 g/mol. The first-order chi connectivity index (χ1) is 13.5. The number of anilines is 1. The van der Waals surface area contributed by atoms with Gasteiger partial charge in [-0.3, -0.25) is 19.3 Å². The van der Waals surface area contributed by atoms with Gasteiger partial charge < -0.3 is 5.32 Å². The predicted molar refractivity (Wildman–Crippen MR) is 107 cm³/mol. The molecule has 3 aliphatic rings. The number of fused-ring (bicyclic) bond motifs is 5. The fourth-order valence-corrected chi connectivity index (χ4v) is 6.01. The molecule has 2 saturated carbocycles. The van der Waals surface area contributed by atoms with Crippen molar-refractivity contribution in [2.24, 2.45) is 23.7 Å². The minimum absolute atomic E-state index is 0.116. The smallest absolute Gasteiger partial charge is 0.253 e. The summed E-state index contributed by atoms with van der Waals surface area (Å²) in [5.41, 5.74) is 0.714. The lowest BCUT2D eigenvalue weighted by atomic mass is 9.81. The minimum atomic E-state index is -0.320. The fourth-order valence-electron chi connectivity index (χ4n) is 5.17. The molecule has 3 fully saturated rings. The van der Waals surface area contributed by atoms with Crippen LogP contribution in [0.1, 0.15) is 34.5 Å². The number of rotatable bonds is 4. The quantitative estimate of drug-likeness (QED) is 0.772. The SMILES string of the molecule is O=C(NCc1cccs1)c1cc(N2C(=O)[C@@H]3[C@H]4CC[C@@H](C4)[C@@H]3C2=O)ccc1Cl. The Balaban J connectivity index is 1.40. The van der Waals surface area contributed by atoms with E-state index in [-0.39, 0.29) is 35.1 Å². The van der Waals surface area contributed by atoms with Gasteiger partial charge in [0.2, 0.25) is 11.8 Å². The van der Waals surface area contributed by atoms with Crippen molar-refractivity contribution in [1.82, 2.24) is 5.32 Å². The second kappa shape index (κ2) is 6.71. The van der Waals surface area contributed by atoms with Crippen LogP contribution in [-0.4, -0.2) is 17.7 Å². The summed E-state index contributed by atoms with van der Waals surface area (Å²) in [5, 5.41) is 5.09. The number of imide groups is 1. The maximum Gasteiger partial charge on any atom is 0.253 e. The minimum Gasteiger partial charge on any atom is -0.347 e. The lowest BCUT2D eigenvalue weighted by molar-refractivity contribution is -0.123. The van der Waals surface area contributed by atoms with Crippen molar-refractivity contribution in [1.29, 1.82) is 0 Å². The highest BCUT2D eigenvalue weighted by atomic mass is 35.5. The third-order valence-electron chi connectivity index (χ3n) is 6.38. The second-order valence-electron chi connectivity index (χ2n) is 7.82. The first-order valence-electron chi connectivity index (χ1n) is 9.52. The molecule has 5 rings (SSSR count). The Kier molecular flexibility index (Phi) is 4.29. The van der Waals surface area contributed by atoms with Crippen molar-refractivity contribution in [3.05, 3.63) is 51.2 Å². The third-order valence-corrected chi connectivity index (χ3v) is 7.59. The summed E-state index contributed by atoms with van der Waals surface area (Å²) in [6.07, 6.45) is 3.07. The van der Waals surface area contributed by atoms with Crippen LogP contribution in [-0.2, 0) is 16.1 Å². The normalized spacial score (nSPS) is 28.1. The number of halogens is 1. The molecule has 5 nitrogen and oxygen atoms in total. The molecular formula is C21H19ClN2O3S. The van der Waals surface area contributed by atoms with Gasteiger partial charge in [-0.2, -0.15) is 0 Å². The zero-order valence-corrected chi connectivity index (χ0v) is 16.6. The Bertz CT molecular complexity index is 946. The van der Waals surface area contributed by atoms with Crippen molar-refractivity contribution in [2.45, 2.75) is 25.8 Å². The van der Waals surface area contributed by atoms with E-state index in [4.69, 9.17) is 11.6 Å². The van der Waals surface area contributed by atoms with Crippen LogP contribution in [0.3, 0.4) is 0 Å². The fraction of sp³-hybridized carbons (Fsp3) is 0.381. The molecule has 2 aromatic rings. The zero-order chi connectivity index (χ0) is 19.4. The first kappa shape index (κ1) is 17.9. The van der Waals surface area contributed by atoms with Crippen LogP contribution in [0.5, 0.6) is 0 Å². The maximum atomic E-state index is 13.0. The number of benzene rings is 1. The van der Waals surface area contributed by atoms with E-state index in [9.17, 15) is 14.4 Å². The number of thiophene rings is 1. The summed E-state index contributed by atoms with van der Waals surface area (Å²) in [5.74, 6) is -0.255. The maximum absolute atomic E-state index is 13.0. The van der Waals surface area contributed by atoms with E-state index in [1.807, 2.05) is 17.5 Å². The van der Waals surface area contributed by atoms with Gasteiger partial charge in [0.05, 0.1) is 34.7 Å². The number of amides is 3. The Morgan fingerprint density at radius 3 is 2.50 bits per heavy atom. The van der Waals surface area contributed by atoms with E-state index in [0.29, 0.717) is 29.1 Å². The number of hydrogen-bond donors (Lipinski definition) is 1. The molecule has 1 N–H and O–H groups in total. The Hall–Kier alpha value is -2.18. The number of nitrogens with one attached hydrogen (secondary N) is 1. The van der Waals surface area contributed by atoms with Crippen molar-refractivity contribution in [2.75, 3.05) is 4.90 Å². The summed E-state index contributed by atoms with van der Waals surface area (Å²) >= 11 is 7.80. The van der Waals surface area contributed by atoms with Gasteiger partial charge in [0, 0.05) is 4.88 Å². The molecule has 2 bridgehead atoms. The van der Waals surface area contributed by atoms with E-state index in [2.05, 4.69) is 5.32 Å². The summed E-state index contributed by atoms with van der Waals surface area (Å²) < 4.78 is 0. The summed E-state index contributed by atoms with van der Waals surface area (Å²) in [7, 11) is 0. The molecule has 0 radical (unpaired) electrons. The van der Waals surface area contributed by atoms with Gasteiger partial charge in [0.1, 0.15) is 0 Å². The lowest BCUT2D eigenvalue weighted by Crippen LogP contribution is -2.33. The summed E-state index contributed by atoms with van der Waals surface area (Å²) in [4.78, 5) is 41.0. The van der Waals surface area contributed by atoms with E-state index in [1.54, 1.807) is 29.5 Å². The van der Waals surface area contributed by atoms with Crippen molar-refractivity contribution >= 4 is 46.3 Å². The second-order valence-corrected chi connectivity index (χ2v) is 9.26. The van der Waals surface area contributed by atoms with Gasteiger partial charge in [-0.1, -0.05) is 17.7 Å². The summed E-state index contributed by atoms with van der Waals surface area (Å²) in [6, 6.07) is 8.66. The van der Waals surface area contributed by atoms with Crippen LogP contribution in [0.2, 0.25) is 5.02 Å². The van der Waals surface area contributed by atoms with Gasteiger partial charge in [-0.25, -0.2) is 0 Å². The zero-order valence-electron chi connectivity index (χ0n) is 15.1. The average Bonchev–Trinajstić information content (AvgIpc) is 3.46. The van der Waals surface area contributed by atoms with Crippen LogP contribution in [0.15, 0.2) is 35.7 Å². The Labute approximate surface area is 171 Å². The largest absolute Gasteiger partial charge is 0.347 e. The molecule has 2 aliphatic carbocycles. The standard InChI is InChI=1S/C21H19ClN2O3S/c22-16-6-5-13(9-15(16)19(25)23-10-14-2-1-7-28-14)24-20(26)17-11-3-4-12(8-11)18(17)21(24)27/h1-2,5-7,9,11-12,17-18H,3-4,8,10H2,(H,23,25)/t11-,12-,17-,18+/m0/s1. The number of carbonyl (C=O) groups is 3. The number of nitrogens with zero attached hydrogens (tertiary/aromatic N) is 1. The van der Waals surface area contributed by atoms with Crippen LogP contribution < -0.4 is 10.2 Å². The van der Waals surface area contributed by atoms with Gasteiger partial charge in [0.25, 0.3) is 5.91 Å². The molecule has 1 aliphatic heterocycles. The van der Waals surface area contributed by atoms with Gasteiger partial charge in [0.15, 0.2) is 0 Å². The molecule has 2 heterocycles. The molecule has 1 aromatic heterocycles. The molecular weight excluding hydrogens is 396 g/mol. The highest BCUT2D eigenvalue weighted by Gasteiger charge is 2.61. The highest BCUT2D eigenvalue weighted by Crippen LogP contribution is 2.56. The van der Waals surface area contributed by atoms with Crippen LogP contribution in [0.25, 0.3) is 0 Å². The molecule has 1 saturated heterocycles. The molecule has 0 spiro atoms. The molecule has 28 heavy (non-hydrogen) atoms. The van der Waals surface area contributed by atoms with E-state index >= 15 is 0 Å². The number of hydrogen-bond acceptors (Lipinski definition) is 4. The monoisotopic (exact) mass is 414 g/mol. The van der Waals surface area contributed by atoms with Crippen LogP contribution in [0, 0.1) is 23.7 Å². The van der Waals surface area contributed by atoms with Crippen LogP contribution in [0.4, 0.5) is 5.69 Å². The van der Waals surface area contributed by atoms with Gasteiger partial charge in [-0.15, -0.1) is 11.3 Å². The van der Waals surface area contributed by atoms with E-state index < -0.39 is 0 Å². The molecule has 144 valence electrons. The molecule has 4 atom stereocenters. The molecule has 7 heteroatoms. The lowest BCUT2D eigenvalue weighted by Gasteiger charge is -2.19. The number of carbonyl (C=O) groups excluding carboxylic acids is 3. The summed E-state index contributed by atoms with van der Waals surface area (Å²) in [6.45, 7) is 0.409. The molecule has 3 amide bonds. The van der Waals surface area contributed by atoms with Crippen molar-refractivity contribution < 1.29 is 14.4 Å². The molecule has 0 unspecified atom stereocenters. The van der Waals surface area contributed by atoms with E-state index in [0.717, 1.165) is 24.1 Å². The highest BCUT2D eigenvalue weighted by molar-refractivity contribution is 7.09. The van der Waals surface area contributed by atoms with E-state index in [1.165, 1.54) is 4.90 Å². The Morgan fingerprint density at radius 1 is 1.14 bits per heavy atom. The van der Waals surface area contributed by atoms with Crippen LogP contribution >= 0.6 is 22.9 Å². The topological polar surface area (TPSA) is 66.5 Å². The first-order valence-corrected chi connectivity index (χ1v) is 10.8. The third kappa shape index (κ3) is 2.70. The van der Waals surface area contributed by atoms with Gasteiger partial charge >= 0.3 is 0 Å². The predicted octanol–water partition coefficient (Wildman–Crippen LogP) is 3.87. The van der Waals surface area contributed by atoms with Gasteiger partial charge in [-0.05, 0) is 60.7 Å². The molecule has 1 aromatic carbocycles. The Morgan fingerprint density at radius 2 is 1.86 bits per heavy atom.